The molecule has 0 bridgehead atoms. The van der Waals surface area contributed by atoms with Gasteiger partial charge in [0, 0.05) is 17.7 Å². The monoisotopic (exact) mass is 342 g/mol. The fourth-order valence-corrected chi connectivity index (χ4v) is 2.93. The lowest BCUT2D eigenvalue weighted by Crippen LogP contribution is -2.46. The van der Waals surface area contributed by atoms with E-state index >= 15 is 0 Å². The molecule has 4 N–H and O–H groups in total. The summed E-state index contributed by atoms with van der Waals surface area (Å²) in [6, 6.07) is 1.52. The van der Waals surface area contributed by atoms with Gasteiger partial charge in [-0.25, -0.2) is 10.8 Å². The van der Waals surface area contributed by atoms with Gasteiger partial charge in [-0.2, -0.15) is 0 Å². The van der Waals surface area contributed by atoms with Gasteiger partial charge in [0.25, 0.3) is 5.91 Å². The number of rotatable bonds is 3. The number of hydrogen-bond acceptors (Lipinski definition) is 5. The third-order valence-electron chi connectivity index (χ3n) is 3.73. The number of hydrogen-bond donors (Lipinski definition) is 3. The van der Waals surface area contributed by atoms with Crippen molar-refractivity contribution in [2.24, 2.45) is 5.84 Å². The van der Waals surface area contributed by atoms with Crippen molar-refractivity contribution >= 4 is 27.7 Å². The van der Waals surface area contributed by atoms with Crippen LogP contribution < -0.4 is 11.3 Å². The standard InChI is InChI=1S/C13H19BrN4O2/c1-18(10-4-2-3-5-11(10)19)13(20)9-6-8(14)7-16-12(9)17-15/h6-7,10-11,19H,2-5,15H2,1H3,(H,16,17). The molecule has 0 aromatic carbocycles. The Hall–Kier alpha value is -1.18. The quantitative estimate of drug-likeness (QED) is 0.572. The Balaban J connectivity index is 2.23. The minimum absolute atomic E-state index is 0.152. The first-order valence-electron chi connectivity index (χ1n) is 6.62. The highest BCUT2D eigenvalue weighted by Crippen LogP contribution is 2.25. The molecule has 1 heterocycles. The first kappa shape index (κ1) is 15.2. The zero-order valence-electron chi connectivity index (χ0n) is 11.3. The van der Waals surface area contributed by atoms with Gasteiger partial charge < -0.3 is 15.4 Å². The number of likely N-dealkylation sites (N-methyl/N-ethyl adjacent to an activating group) is 1. The summed E-state index contributed by atoms with van der Waals surface area (Å²) in [5, 5.41) is 10.1. The van der Waals surface area contributed by atoms with Gasteiger partial charge in [0.2, 0.25) is 0 Å². The summed E-state index contributed by atoms with van der Waals surface area (Å²) in [5.74, 6) is 5.53. The Morgan fingerprint density at radius 3 is 2.90 bits per heavy atom. The third kappa shape index (κ3) is 3.11. The number of nitrogens with one attached hydrogen (secondary N) is 1. The van der Waals surface area contributed by atoms with Crippen LogP contribution in [0.2, 0.25) is 0 Å². The lowest BCUT2D eigenvalue weighted by Gasteiger charge is -2.35. The van der Waals surface area contributed by atoms with Crippen LogP contribution in [0.15, 0.2) is 16.7 Å². The SMILES string of the molecule is CN(C(=O)c1cc(Br)cnc1NN)C1CCCCC1O. The van der Waals surface area contributed by atoms with E-state index in [0.29, 0.717) is 15.9 Å². The number of halogens is 1. The predicted octanol–water partition coefficient (Wildman–Crippen LogP) is 1.51. The van der Waals surface area contributed by atoms with E-state index in [0.717, 1.165) is 25.7 Å². The molecule has 0 spiro atoms. The van der Waals surface area contributed by atoms with Crippen LogP contribution in [0.1, 0.15) is 36.0 Å². The molecule has 7 heteroatoms. The van der Waals surface area contributed by atoms with Gasteiger partial charge in [0.15, 0.2) is 5.82 Å². The molecule has 1 amide bonds. The number of aliphatic hydroxyl groups excluding tert-OH is 1. The van der Waals surface area contributed by atoms with Crippen LogP contribution in [0.5, 0.6) is 0 Å². The van der Waals surface area contributed by atoms with Crippen LogP contribution in [0.4, 0.5) is 5.82 Å². The second-order valence-electron chi connectivity index (χ2n) is 5.03. The number of aliphatic hydroxyl groups is 1. The molecule has 0 saturated heterocycles. The normalized spacial score (nSPS) is 22.4. The van der Waals surface area contributed by atoms with Gasteiger partial charge in [0.05, 0.1) is 17.7 Å². The second kappa shape index (κ2) is 6.51. The molecule has 110 valence electrons. The average molecular weight is 343 g/mol. The smallest absolute Gasteiger partial charge is 0.257 e. The molecule has 2 atom stereocenters. The zero-order valence-corrected chi connectivity index (χ0v) is 12.9. The Bertz CT molecular complexity index is 497. The number of pyridine rings is 1. The molecule has 0 aliphatic heterocycles. The van der Waals surface area contributed by atoms with Crippen molar-refractivity contribution < 1.29 is 9.90 Å². The van der Waals surface area contributed by atoms with Crippen LogP contribution in [0, 0.1) is 0 Å². The largest absolute Gasteiger partial charge is 0.391 e. The second-order valence-corrected chi connectivity index (χ2v) is 5.94. The van der Waals surface area contributed by atoms with Crippen molar-refractivity contribution in [1.29, 1.82) is 0 Å². The van der Waals surface area contributed by atoms with E-state index in [1.165, 1.54) is 0 Å². The van der Waals surface area contributed by atoms with Gasteiger partial charge >= 0.3 is 0 Å². The number of amides is 1. The molecule has 2 unspecified atom stereocenters. The zero-order chi connectivity index (χ0) is 14.7. The number of nitrogens with two attached hydrogens (primary N) is 1. The van der Waals surface area contributed by atoms with Crippen LogP contribution >= 0.6 is 15.9 Å². The number of carbonyl (C=O) groups excluding carboxylic acids is 1. The molecule has 1 saturated carbocycles. The van der Waals surface area contributed by atoms with E-state index in [4.69, 9.17) is 5.84 Å². The summed E-state index contributed by atoms with van der Waals surface area (Å²) in [6.07, 6.45) is 4.69. The van der Waals surface area contributed by atoms with Crippen molar-refractivity contribution in [2.75, 3.05) is 12.5 Å². The van der Waals surface area contributed by atoms with E-state index in [9.17, 15) is 9.90 Å². The molecule has 0 radical (unpaired) electrons. The maximum Gasteiger partial charge on any atom is 0.257 e. The Morgan fingerprint density at radius 1 is 1.55 bits per heavy atom. The van der Waals surface area contributed by atoms with Crippen molar-refractivity contribution in [3.05, 3.63) is 22.3 Å². The number of nitrogens with zero attached hydrogens (tertiary/aromatic N) is 2. The van der Waals surface area contributed by atoms with E-state index in [2.05, 4.69) is 26.3 Å². The van der Waals surface area contributed by atoms with E-state index in [-0.39, 0.29) is 11.9 Å². The van der Waals surface area contributed by atoms with Gasteiger partial charge in [-0.1, -0.05) is 12.8 Å². The summed E-state index contributed by atoms with van der Waals surface area (Å²) in [7, 11) is 1.71. The van der Waals surface area contributed by atoms with E-state index < -0.39 is 6.10 Å². The fourth-order valence-electron chi connectivity index (χ4n) is 2.60. The lowest BCUT2D eigenvalue weighted by atomic mass is 9.91. The first-order chi connectivity index (χ1) is 9.54. The summed E-state index contributed by atoms with van der Waals surface area (Å²) in [4.78, 5) is 18.2. The molecule has 1 aliphatic carbocycles. The van der Waals surface area contributed by atoms with Gasteiger partial charge in [-0.05, 0) is 34.8 Å². The first-order valence-corrected chi connectivity index (χ1v) is 7.41. The molecule has 1 aromatic heterocycles. The third-order valence-corrected chi connectivity index (χ3v) is 4.17. The van der Waals surface area contributed by atoms with Crippen LogP contribution in [-0.2, 0) is 0 Å². The molecule has 1 aliphatic rings. The van der Waals surface area contributed by atoms with E-state index in [1.807, 2.05) is 0 Å². The van der Waals surface area contributed by atoms with Gasteiger partial charge in [-0.15, -0.1) is 0 Å². The lowest BCUT2D eigenvalue weighted by molar-refractivity contribution is 0.0268. The highest BCUT2D eigenvalue weighted by Gasteiger charge is 2.30. The molecule has 1 aromatic rings. The van der Waals surface area contributed by atoms with Gasteiger partial charge in [-0.3, -0.25) is 4.79 Å². The topological polar surface area (TPSA) is 91.5 Å². The number of nitrogen functional groups attached to an aromatic ring is 1. The number of carbonyl (C=O) groups is 1. The number of anilines is 1. The molecule has 6 nitrogen and oxygen atoms in total. The minimum Gasteiger partial charge on any atom is -0.391 e. The maximum absolute atomic E-state index is 12.6. The average Bonchev–Trinajstić information content (AvgIpc) is 2.46. The van der Waals surface area contributed by atoms with E-state index in [1.54, 1.807) is 24.2 Å². The maximum atomic E-state index is 12.6. The molecular weight excluding hydrogens is 324 g/mol. The minimum atomic E-state index is -0.466. The Labute approximate surface area is 126 Å². The van der Waals surface area contributed by atoms with Crippen LogP contribution in [-0.4, -0.2) is 40.1 Å². The van der Waals surface area contributed by atoms with Crippen LogP contribution in [0.3, 0.4) is 0 Å². The highest BCUT2D eigenvalue weighted by atomic mass is 79.9. The van der Waals surface area contributed by atoms with Crippen LogP contribution in [0.25, 0.3) is 0 Å². The summed E-state index contributed by atoms with van der Waals surface area (Å²) < 4.78 is 0.706. The summed E-state index contributed by atoms with van der Waals surface area (Å²) in [6.45, 7) is 0. The summed E-state index contributed by atoms with van der Waals surface area (Å²) >= 11 is 3.30. The molecule has 20 heavy (non-hydrogen) atoms. The Kier molecular flexibility index (Phi) is 4.95. The van der Waals surface area contributed by atoms with Crippen molar-refractivity contribution in [2.45, 2.75) is 37.8 Å². The van der Waals surface area contributed by atoms with Crippen molar-refractivity contribution in [3.63, 3.8) is 0 Å². The Morgan fingerprint density at radius 2 is 2.25 bits per heavy atom. The highest BCUT2D eigenvalue weighted by molar-refractivity contribution is 9.10. The van der Waals surface area contributed by atoms with Crippen molar-refractivity contribution in [3.8, 4) is 0 Å². The molecule has 2 rings (SSSR count). The molecule has 1 fully saturated rings. The number of aromatic nitrogens is 1. The van der Waals surface area contributed by atoms with Crippen molar-refractivity contribution in [1.82, 2.24) is 9.88 Å². The fraction of sp³-hybridized carbons (Fsp3) is 0.538. The summed E-state index contributed by atoms with van der Waals surface area (Å²) in [5.41, 5.74) is 2.82. The predicted molar refractivity (Wildman–Crippen MR) is 80.1 cm³/mol. The van der Waals surface area contributed by atoms with Gasteiger partial charge in [0.1, 0.15) is 0 Å². The molecular formula is C13H19BrN4O2. The number of hydrazine groups is 1.